The summed E-state index contributed by atoms with van der Waals surface area (Å²) in [5, 5.41) is 9.67. The molecule has 116 valence electrons. The Hall–Kier alpha value is -0.670. The topological polar surface area (TPSA) is 37.3 Å². The standard InChI is InChI=1S/C17H23ClO2S/c1-11(2)15-9-14(18)5-6-16(15)21-10-13-4-3-12(7-13)8-17(19)20/h5-6,9,11-13H,3-4,7-8,10H2,1-2H3,(H,19,20). The predicted octanol–water partition coefficient (Wildman–Crippen LogP) is 5.45. The maximum atomic E-state index is 10.8. The Kier molecular flexibility index (Phi) is 6.00. The number of aliphatic carboxylic acids is 1. The Labute approximate surface area is 136 Å². The molecule has 1 aliphatic rings. The first-order valence-electron chi connectivity index (χ1n) is 7.59. The molecule has 4 heteroatoms. The van der Waals surface area contributed by atoms with Crippen LogP contribution in [0.1, 0.15) is 51.0 Å². The van der Waals surface area contributed by atoms with Crippen molar-refractivity contribution in [2.75, 3.05) is 5.75 Å². The monoisotopic (exact) mass is 326 g/mol. The van der Waals surface area contributed by atoms with E-state index in [4.69, 9.17) is 16.7 Å². The van der Waals surface area contributed by atoms with Crippen LogP contribution in [-0.2, 0) is 4.79 Å². The number of thioether (sulfide) groups is 1. The molecular formula is C17H23ClO2S. The van der Waals surface area contributed by atoms with Crippen molar-refractivity contribution in [2.45, 2.75) is 50.3 Å². The molecule has 2 nitrogen and oxygen atoms in total. The van der Waals surface area contributed by atoms with Crippen LogP contribution in [0.2, 0.25) is 5.02 Å². The Bertz CT molecular complexity index is 502. The Morgan fingerprint density at radius 2 is 2.10 bits per heavy atom. The number of hydrogen-bond acceptors (Lipinski definition) is 2. The molecule has 0 heterocycles. The lowest BCUT2D eigenvalue weighted by Gasteiger charge is -2.15. The van der Waals surface area contributed by atoms with Crippen LogP contribution < -0.4 is 0 Å². The molecule has 0 radical (unpaired) electrons. The fourth-order valence-corrected chi connectivity index (χ4v) is 4.60. The van der Waals surface area contributed by atoms with Crippen molar-refractivity contribution in [3.63, 3.8) is 0 Å². The normalized spacial score (nSPS) is 21.9. The second-order valence-electron chi connectivity index (χ2n) is 6.29. The van der Waals surface area contributed by atoms with Gasteiger partial charge in [-0.05, 0) is 60.8 Å². The summed E-state index contributed by atoms with van der Waals surface area (Å²) in [7, 11) is 0. The second kappa shape index (κ2) is 7.55. The molecule has 0 aromatic heterocycles. The number of rotatable bonds is 6. The van der Waals surface area contributed by atoms with Gasteiger partial charge in [-0.2, -0.15) is 0 Å². The zero-order valence-corrected chi connectivity index (χ0v) is 14.2. The zero-order valence-electron chi connectivity index (χ0n) is 12.6. The minimum absolute atomic E-state index is 0.333. The zero-order chi connectivity index (χ0) is 15.4. The smallest absolute Gasteiger partial charge is 0.303 e. The summed E-state index contributed by atoms with van der Waals surface area (Å²) in [5.74, 6) is 1.91. The summed E-state index contributed by atoms with van der Waals surface area (Å²) in [4.78, 5) is 12.1. The van der Waals surface area contributed by atoms with E-state index in [0.717, 1.165) is 30.0 Å². The molecule has 1 N–H and O–H groups in total. The Morgan fingerprint density at radius 1 is 1.38 bits per heavy atom. The van der Waals surface area contributed by atoms with Gasteiger partial charge in [0.25, 0.3) is 0 Å². The molecule has 0 amide bonds. The third-order valence-corrected chi connectivity index (χ3v) is 5.74. The molecule has 1 fully saturated rings. The molecule has 0 aliphatic heterocycles. The number of hydrogen-bond donors (Lipinski definition) is 1. The van der Waals surface area contributed by atoms with Gasteiger partial charge in [-0.3, -0.25) is 4.79 Å². The lowest BCUT2D eigenvalue weighted by atomic mass is 10.0. The van der Waals surface area contributed by atoms with Crippen LogP contribution in [0, 0.1) is 11.8 Å². The van der Waals surface area contributed by atoms with Crippen molar-refractivity contribution in [1.82, 2.24) is 0 Å². The molecule has 1 aliphatic carbocycles. The predicted molar refractivity (Wildman–Crippen MR) is 89.3 cm³/mol. The van der Waals surface area contributed by atoms with Crippen molar-refractivity contribution in [3.05, 3.63) is 28.8 Å². The number of carbonyl (C=O) groups is 1. The molecule has 1 saturated carbocycles. The molecular weight excluding hydrogens is 304 g/mol. The van der Waals surface area contributed by atoms with Crippen LogP contribution in [-0.4, -0.2) is 16.8 Å². The number of benzene rings is 1. The number of carboxylic acid groups (broad SMARTS) is 1. The molecule has 0 saturated heterocycles. The van der Waals surface area contributed by atoms with E-state index in [9.17, 15) is 4.79 Å². The largest absolute Gasteiger partial charge is 0.481 e. The highest BCUT2D eigenvalue weighted by Crippen LogP contribution is 2.38. The van der Waals surface area contributed by atoms with Crippen molar-refractivity contribution >= 4 is 29.3 Å². The molecule has 1 aromatic rings. The molecule has 2 atom stereocenters. The van der Waals surface area contributed by atoms with Crippen LogP contribution in [0.4, 0.5) is 0 Å². The Morgan fingerprint density at radius 3 is 2.76 bits per heavy atom. The number of carboxylic acids is 1. The van der Waals surface area contributed by atoms with Gasteiger partial charge in [-0.25, -0.2) is 0 Å². The van der Waals surface area contributed by atoms with Gasteiger partial charge in [0.1, 0.15) is 0 Å². The minimum atomic E-state index is -0.659. The van der Waals surface area contributed by atoms with Crippen LogP contribution in [0.3, 0.4) is 0 Å². The molecule has 2 rings (SSSR count). The van der Waals surface area contributed by atoms with Crippen LogP contribution in [0.25, 0.3) is 0 Å². The molecule has 21 heavy (non-hydrogen) atoms. The van der Waals surface area contributed by atoms with Crippen molar-refractivity contribution < 1.29 is 9.90 Å². The van der Waals surface area contributed by atoms with Gasteiger partial charge in [0, 0.05) is 22.1 Å². The Balaban J connectivity index is 1.91. The summed E-state index contributed by atoms with van der Waals surface area (Å²) < 4.78 is 0. The van der Waals surface area contributed by atoms with E-state index < -0.39 is 5.97 Å². The SMILES string of the molecule is CC(C)c1cc(Cl)ccc1SCC1CCC(CC(=O)O)C1. The van der Waals surface area contributed by atoms with E-state index in [-0.39, 0.29) is 0 Å². The highest BCUT2D eigenvalue weighted by Gasteiger charge is 2.26. The van der Waals surface area contributed by atoms with Crippen molar-refractivity contribution in [3.8, 4) is 0 Å². The van der Waals surface area contributed by atoms with E-state index in [1.165, 1.54) is 10.5 Å². The molecule has 1 aromatic carbocycles. The van der Waals surface area contributed by atoms with E-state index in [1.54, 1.807) is 0 Å². The highest BCUT2D eigenvalue weighted by molar-refractivity contribution is 7.99. The first-order chi connectivity index (χ1) is 9.95. The summed E-state index contributed by atoms with van der Waals surface area (Å²) in [6, 6.07) is 6.14. The summed E-state index contributed by atoms with van der Waals surface area (Å²) in [5.41, 5.74) is 1.31. The quantitative estimate of drug-likeness (QED) is 0.706. The van der Waals surface area contributed by atoms with Crippen molar-refractivity contribution in [1.29, 1.82) is 0 Å². The van der Waals surface area contributed by atoms with Gasteiger partial charge in [-0.15, -0.1) is 11.8 Å². The van der Waals surface area contributed by atoms with Gasteiger partial charge in [-0.1, -0.05) is 25.4 Å². The first-order valence-corrected chi connectivity index (χ1v) is 8.96. The molecule has 0 spiro atoms. The van der Waals surface area contributed by atoms with Gasteiger partial charge in [0.2, 0.25) is 0 Å². The average Bonchev–Trinajstić information content (AvgIpc) is 2.83. The second-order valence-corrected chi connectivity index (χ2v) is 7.79. The first kappa shape index (κ1) is 16.7. The van der Waals surface area contributed by atoms with Crippen molar-refractivity contribution in [2.24, 2.45) is 11.8 Å². The maximum Gasteiger partial charge on any atom is 0.303 e. The van der Waals surface area contributed by atoms with Gasteiger partial charge in [0.15, 0.2) is 0 Å². The van der Waals surface area contributed by atoms with Crippen LogP contribution >= 0.6 is 23.4 Å². The summed E-state index contributed by atoms with van der Waals surface area (Å²) >= 11 is 7.99. The molecule has 0 bridgehead atoms. The molecule has 2 unspecified atom stereocenters. The van der Waals surface area contributed by atoms with E-state index >= 15 is 0 Å². The van der Waals surface area contributed by atoms with Crippen LogP contribution in [0.15, 0.2) is 23.1 Å². The third-order valence-electron chi connectivity index (χ3n) is 4.18. The van der Waals surface area contributed by atoms with E-state index in [1.807, 2.05) is 17.8 Å². The summed E-state index contributed by atoms with van der Waals surface area (Å²) in [6.07, 6.45) is 3.62. The average molecular weight is 327 g/mol. The van der Waals surface area contributed by atoms with Gasteiger partial charge in [0.05, 0.1) is 0 Å². The van der Waals surface area contributed by atoms with Gasteiger partial charge < -0.3 is 5.11 Å². The highest BCUT2D eigenvalue weighted by atomic mass is 35.5. The lowest BCUT2D eigenvalue weighted by Crippen LogP contribution is -2.05. The summed E-state index contributed by atoms with van der Waals surface area (Å²) in [6.45, 7) is 4.38. The lowest BCUT2D eigenvalue weighted by molar-refractivity contribution is -0.138. The van der Waals surface area contributed by atoms with Crippen LogP contribution in [0.5, 0.6) is 0 Å². The van der Waals surface area contributed by atoms with E-state index in [2.05, 4.69) is 26.0 Å². The maximum absolute atomic E-state index is 10.8. The fourth-order valence-electron chi connectivity index (χ4n) is 3.07. The third kappa shape index (κ3) is 4.93. The fraction of sp³-hybridized carbons (Fsp3) is 0.588. The van der Waals surface area contributed by atoms with Gasteiger partial charge >= 0.3 is 5.97 Å². The minimum Gasteiger partial charge on any atom is -0.481 e. The number of halogens is 1. The van der Waals surface area contributed by atoms with E-state index in [0.29, 0.717) is 24.2 Å².